The first-order valence-corrected chi connectivity index (χ1v) is 7.35. The second-order valence-electron chi connectivity index (χ2n) is 4.92. The summed E-state index contributed by atoms with van der Waals surface area (Å²) in [6, 6.07) is 4.01. The van der Waals surface area contributed by atoms with Crippen LogP contribution in [0, 0.1) is 0 Å². The molecule has 1 aromatic rings. The Hall–Kier alpha value is -0.390. The molecule has 2 heterocycles. The van der Waals surface area contributed by atoms with Crippen LogP contribution in [0.2, 0.25) is 0 Å². The molecule has 5 heteroatoms. The Labute approximate surface area is 114 Å². The van der Waals surface area contributed by atoms with Crippen LogP contribution in [0.5, 0.6) is 0 Å². The number of piperazine rings is 1. The minimum Gasteiger partial charge on any atom is -0.335 e. The topological polar surface area (TPSA) is 32.3 Å². The maximum absolute atomic E-state index is 12.3. The van der Waals surface area contributed by atoms with E-state index >= 15 is 0 Å². The van der Waals surface area contributed by atoms with Gasteiger partial charge in [0.15, 0.2) is 0 Å². The lowest BCUT2D eigenvalue weighted by Gasteiger charge is -2.42. The summed E-state index contributed by atoms with van der Waals surface area (Å²) < 4.78 is 1.08. The van der Waals surface area contributed by atoms with E-state index in [-0.39, 0.29) is 11.4 Å². The molecule has 2 rings (SSSR count). The number of carbonyl (C=O) groups excluding carboxylic acids is 1. The van der Waals surface area contributed by atoms with E-state index in [1.807, 2.05) is 17.0 Å². The Morgan fingerprint density at radius 1 is 1.59 bits per heavy atom. The average molecular weight is 317 g/mol. The smallest absolute Gasteiger partial charge is 0.228 e. The summed E-state index contributed by atoms with van der Waals surface area (Å²) in [6.07, 6.45) is 0.514. The minimum absolute atomic E-state index is 0.0795. The number of nitrogens with zero attached hydrogens (tertiary/aromatic N) is 1. The zero-order valence-corrected chi connectivity index (χ0v) is 12.5. The minimum atomic E-state index is -0.0795. The normalized spacial score (nSPS) is 19.4. The van der Waals surface area contributed by atoms with E-state index in [4.69, 9.17) is 0 Å². The molecule has 0 saturated carbocycles. The van der Waals surface area contributed by atoms with Gasteiger partial charge in [0, 0.05) is 30.1 Å². The maximum Gasteiger partial charge on any atom is 0.228 e. The first kappa shape index (κ1) is 13.1. The van der Waals surface area contributed by atoms with Gasteiger partial charge >= 0.3 is 0 Å². The molecule has 0 spiro atoms. The van der Waals surface area contributed by atoms with Crippen LogP contribution in [0.25, 0.3) is 0 Å². The molecule has 1 aromatic heterocycles. The first-order valence-electron chi connectivity index (χ1n) is 5.74. The molecule has 0 bridgehead atoms. The van der Waals surface area contributed by atoms with Crippen LogP contribution in [0.3, 0.4) is 0 Å². The summed E-state index contributed by atoms with van der Waals surface area (Å²) >= 11 is 5.06. The highest BCUT2D eigenvalue weighted by Crippen LogP contribution is 2.24. The fourth-order valence-electron chi connectivity index (χ4n) is 2.14. The predicted octanol–water partition coefficient (Wildman–Crippen LogP) is 2.26. The molecule has 1 aliphatic rings. The third-order valence-corrected chi connectivity index (χ3v) is 4.68. The van der Waals surface area contributed by atoms with Crippen molar-refractivity contribution in [3.05, 3.63) is 20.8 Å². The van der Waals surface area contributed by atoms with Gasteiger partial charge in [0.05, 0.1) is 10.2 Å². The Bertz CT molecular complexity index is 416. The fourth-order valence-corrected chi connectivity index (χ4v) is 3.61. The summed E-state index contributed by atoms with van der Waals surface area (Å²) in [5.41, 5.74) is -0.0795. The van der Waals surface area contributed by atoms with Crippen LogP contribution in [0.15, 0.2) is 15.9 Å². The Balaban J connectivity index is 2.04. The zero-order chi connectivity index (χ0) is 12.5. The molecule has 3 nitrogen and oxygen atoms in total. The van der Waals surface area contributed by atoms with Gasteiger partial charge in [-0.25, -0.2) is 0 Å². The van der Waals surface area contributed by atoms with Crippen molar-refractivity contribution in [1.29, 1.82) is 0 Å². The van der Waals surface area contributed by atoms with Crippen LogP contribution in [0.1, 0.15) is 18.7 Å². The molecular weight excluding hydrogens is 300 g/mol. The summed E-state index contributed by atoms with van der Waals surface area (Å²) in [6.45, 7) is 6.79. The molecular formula is C12H17BrN2OS. The number of hydrogen-bond donors (Lipinski definition) is 1. The molecule has 0 aliphatic carbocycles. The van der Waals surface area contributed by atoms with Crippen molar-refractivity contribution in [1.82, 2.24) is 10.2 Å². The zero-order valence-electron chi connectivity index (χ0n) is 10.1. The van der Waals surface area contributed by atoms with Crippen molar-refractivity contribution in [2.24, 2.45) is 0 Å². The van der Waals surface area contributed by atoms with Gasteiger partial charge in [0.1, 0.15) is 0 Å². The second-order valence-corrected chi connectivity index (χ2v) is 7.46. The quantitative estimate of drug-likeness (QED) is 0.907. The van der Waals surface area contributed by atoms with E-state index in [0.717, 1.165) is 28.3 Å². The largest absolute Gasteiger partial charge is 0.335 e. The SMILES string of the molecule is CC1(C)CNCCN1C(=O)Cc1ccc(Br)s1. The number of halogens is 1. The molecule has 1 aliphatic heterocycles. The number of amides is 1. The number of hydrogen-bond acceptors (Lipinski definition) is 3. The molecule has 1 N–H and O–H groups in total. The third kappa shape index (κ3) is 3.09. The number of thiophene rings is 1. The highest BCUT2D eigenvalue weighted by molar-refractivity contribution is 9.11. The molecule has 1 amide bonds. The van der Waals surface area contributed by atoms with Crippen molar-refractivity contribution >= 4 is 33.2 Å². The van der Waals surface area contributed by atoms with Gasteiger partial charge < -0.3 is 10.2 Å². The van der Waals surface area contributed by atoms with Gasteiger partial charge in [-0.05, 0) is 41.9 Å². The van der Waals surface area contributed by atoms with Gasteiger partial charge in [-0.2, -0.15) is 0 Å². The summed E-state index contributed by atoms with van der Waals surface area (Å²) in [7, 11) is 0. The van der Waals surface area contributed by atoms with Gasteiger partial charge in [0.2, 0.25) is 5.91 Å². The molecule has 0 aromatic carbocycles. The van der Waals surface area contributed by atoms with Crippen LogP contribution in [-0.4, -0.2) is 36.0 Å². The molecule has 0 atom stereocenters. The van der Waals surface area contributed by atoms with Crippen LogP contribution >= 0.6 is 27.3 Å². The molecule has 17 heavy (non-hydrogen) atoms. The molecule has 1 saturated heterocycles. The third-order valence-electron chi connectivity index (χ3n) is 3.06. The second kappa shape index (κ2) is 5.08. The highest BCUT2D eigenvalue weighted by atomic mass is 79.9. The van der Waals surface area contributed by atoms with E-state index in [1.54, 1.807) is 11.3 Å². The Kier molecular flexibility index (Phi) is 3.90. The Morgan fingerprint density at radius 3 is 2.94 bits per heavy atom. The van der Waals surface area contributed by atoms with E-state index in [9.17, 15) is 4.79 Å². The van der Waals surface area contributed by atoms with Crippen LogP contribution in [0.4, 0.5) is 0 Å². The average Bonchev–Trinajstić information content (AvgIpc) is 2.63. The molecule has 0 unspecified atom stereocenters. The van der Waals surface area contributed by atoms with Gasteiger partial charge in [-0.3, -0.25) is 4.79 Å². The van der Waals surface area contributed by atoms with E-state index in [1.165, 1.54) is 0 Å². The standard InChI is InChI=1S/C12H17BrN2OS/c1-12(2)8-14-5-6-15(12)11(16)7-9-3-4-10(13)17-9/h3-4,14H,5-8H2,1-2H3. The first-order chi connectivity index (χ1) is 7.99. The van der Waals surface area contributed by atoms with E-state index in [2.05, 4.69) is 35.1 Å². The van der Waals surface area contributed by atoms with Gasteiger partial charge in [-0.15, -0.1) is 11.3 Å². The van der Waals surface area contributed by atoms with E-state index in [0.29, 0.717) is 6.42 Å². The number of carbonyl (C=O) groups is 1. The molecule has 0 radical (unpaired) electrons. The lowest BCUT2D eigenvalue weighted by molar-refractivity contribution is -0.136. The van der Waals surface area contributed by atoms with Crippen molar-refractivity contribution in [2.75, 3.05) is 19.6 Å². The van der Waals surface area contributed by atoms with Crippen LogP contribution in [-0.2, 0) is 11.2 Å². The van der Waals surface area contributed by atoms with Crippen molar-refractivity contribution in [2.45, 2.75) is 25.8 Å². The summed E-state index contributed by atoms with van der Waals surface area (Å²) in [5, 5.41) is 3.33. The molecule has 1 fully saturated rings. The fraction of sp³-hybridized carbons (Fsp3) is 0.583. The van der Waals surface area contributed by atoms with Gasteiger partial charge in [-0.1, -0.05) is 0 Å². The van der Waals surface area contributed by atoms with Crippen molar-refractivity contribution in [3.63, 3.8) is 0 Å². The lowest BCUT2D eigenvalue weighted by atomic mass is 9.99. The Morgan fingerprint density at radius 2 is 2.35 bits per heavy atom. The summed E-state index contributed by atoms with van der Waals surface area (Å²) in [4.78, 5) is 15.4. The van der Waals surface area contributed by atoms with Gasteiger partial charge in [0.25, 0.3) is 0 Å². The number of nitrogens with one attached hydrogen (secondary N) is 1. The lowest BCUT2D eigenvalue weighted by Crippen LogP contribution is -2.60. The molecule has 94 valence electrons. The predicted molar refractivity (Wildman–Crippen MR) is 74.4 cm³/mol. The van der Waals surface area contributed by atoms with Crippen molar-refractivity contribution < 1.29 is 4.79 Å². The maximum atomic E-state index is 12.3. The number of rotatable bonds is 2. The highest BCUT2D eigenvalue weighted by Gasteiger charge is 2.32. The van der Waals surface area contributed by atoms with Crippen molar-refractivity contribution in [3.8, 4) is 0 Å². The van der Waals surface area contributed by atoms with Crippen LogP contribution < -0.4 is 5.32 Å². The van der Waals surface area contributed by atoms with E-state index < -0.39 is 0 Å². The summed E-state index contributed by atoms with van der Waals surface area (Å²) in [5.74, 6) is 0.228. The monoisotopic (exact) mass is 316 g/mol.